The van der Waals surface area contributed by atoms with Crippen LogP contribution in [-0.2, 0) is 9.59 Å². The Kier molecular flexibility index (Phi) is 3.36. The van der Waals surface area contributed by atoms with Gasteiger partial charge in [0.1, 0.15) is 0 Å². The number of carbonyl (C=O) groups is 2. The first-order valence-corrected chi connectivity index (χ1v) is 6.43. The number of amides is 1. The van der Waals surface area contributed by atoms with Gasteiger partial charge in [0.05, 0.1) is 6.04 Å². The van der Waals surface area contributed by atoms with E-state index in [-0.39, 0.29) is 17.7 Å². The van der Waals surface area contributed by atoms with Gasteiger partial charge in [0, 0.05) is 13.5 Å². The van der Waals surface area contributed by atoms with Gasteiger partial charge in [0.15, 0.2) is 5.78 Å². The maximum absolute atomic E-state index is 11.7. The van der Waals surface area contributed by atoms with Crippen molar-refractivity contribution in [2.75, 3.05) is 6.54 Å². The van der Waals surface area contributed by atoms with Crippen LogP contribution in [0.2, 0.25) is 0 Å². The van der Waals surface area contributed by atoms with Crippen LogP contribution in [0, 0.1) is 11.8 Å². The van der Waals surface area contributed by atoms with Crippen LogP contribution in [0.5, 0.6) is 0 Å². The third-order valence-electron chi connectivity index (χ3n) is 4.29. The fraction of sp³-hybridized carbons (Fsp3) is 0.714. The molecular formula is C14H21NO2. The molecule has 3 atom stereocenters. The molecule has 17 heavy (non-hydrogen) atoms. The van der Waals surface area contributed by atoms with Crippen molar-refractivity contribution in [1.29, 1.82) is 0 Å². The third-order valence-corrected chi connectivity index (χ3v) is 4.29. The molecule has 0 unspecified atom stereocenters. The monoisotopic (exact) mass is 235 g/mol. The Morgan fingerprint density at radius 1 is 1.29 bits per heavy atom. The smallest absolute Gasteiger partial charge is 0.220 e. The number of ketones is 1. The normalized spacial score (nSPS) is 33.2. The van der Waals surface area contributed by atoms with Gasteiger partial charge in [-0.05, 0) is 44.4 Å². The lowest BCUT2D eigenvalue weighted by atomic mass is 9.71. The number of allylic oxidation sites excluding steroid dienone is 1. The van der Waals surface area contributed by atoms with Crippen molar-refractivity contribution in [3.05, 3.63) is 12.2 Å². The highest BCUT2D eigenvalue weighted by atomic mass is 16.2. The number of Topliss-reactive ketones (excluding diaryl/α,β-unsaturated/α-hetero) is 1. The Morgan fingerprint density at radius 2 is 2.00 bits per heavy atom. The highest BCUT2D eigenvalue weighted by molar-refractivity contribution is 5.87. The number of hydrogen-bond donors (Lipinski definition) is 0. The highest BCUT2D eigenvalue weighted by Crippen LogP contribution is 2.40. The summed E-state index contributed by atoms with van der Waals surface area (Å²) in [6.07, 6.45) is 4.08. The number of carbonyl (C=O) groups excluding carboxylic acids is 2. The Labute approximate surface area is 103 Å². The number of likely N-dealkylation sites (tertiary alicyclic amines) is 1. The lowest BCUT2D eigenvalue weighted by Crippen LogP contribution is -2.53. The number of nitrogens with zero attached hydrogens (tertiary/aromatic N) is 1. The fourth-order valence-electron chi connectivity index (χ4n) is 3.31. The Morgan fingerprint density at radius 3 is 2.59 bits per heavy atom. The molecular weight excluding hydrogens is 214 g/mol. The van der Waals surface area contributed by atoms with Crippen molar-refractivity contribution < 1.29 is 9.59 Å². The Hall–Kier alpha value is -1.12. The third kappa shape index (κ3) is 2.43. The fourth-order valence-corrected chi connectivity index (χ4v) is 3.31. The van der Waals surface area contributed by atoms with Gasteiger partial charge >= 0.3 is 0 Å². The van der Waals surface area contributed by atoms with E-state index in [0.717, 1.165) is 32.2 Å². The van der Waals surface area contributed by atoms with Crippen molar-refractivity contribution in [3.8, 4) is 0 Å². The summed E-state index contributed by atoms with van der Waals surface area (Å²) in [5.41, 5.74) is 1.31. The summed E-state index contributed by atoms with van der Waals surface area (Å²) in [6.45, 7) is 7.99. The SMILES string of the molecule is C=C1CC[C@H]2CN(C(C)=O)[C@H](C(C)=O)C[C@H]2C1. The second-order valence-corrected chi connectivity index (χ2v) is 5.55. The first-order chi connectivity index (χ1) is 7.99. The Balaban J connectivity index is 2.15. The van der Waals surface area contributed by atoms with Crippen molar-refractivity contribution in [2.45, 2.75) is 45.6 Å². The van der Waals surface area contributed by atoms with Crippen LogP contribution >= 0.6 is 0 Å². The van der Waals surface area contributed by atoms with E-state index in [9.17, 15) is 9.59 Å². The number of fused-ring (bicyclic) bond motifs is 1. The minimum Gasteiger partial charge on any atom is -0.333 e. The van der Waals surface area contributed by atoms with Crippen LogP contribution < -0.4 is 0 Å². The zero-order chi connectivity index (χ0) is 12.6. The van der Waals surface area contributed by atoms with Gasteiger partial charge in [-0.2, -0.15) is 0 Å². The molecule has 0 aromatic carbocycles. The van der Waals surface area contributed by atoms with Gasteiger partial charge in [-0.3, -0.25) is 9.59 Å². The van der Waals surface area contributed by atoms with Gasteiger partial charge in [0.25, 0.3) is 0 Å². The molecule has 1 aliphatic carbocycles. The van der Waals surface area contributed by atoms with Crippen molar-refractivity contribution >= 4 is 11.7 Å². The zero-order valence-corrected chi connectivity index (χ0v) is 10.7. The molecule has 1 aliphatic heterocycles. The van der Waals surface area contributed by atoms with E-state index in [2.05, 4.69) is 6.58 Å². The van der Waals surface area contributed by atoms with E-state index in [0.29, 0.717) is 11.8 Å². The van der Waals surface area contributed by atoms with Crippen molar-refractivity contribution in [3.63, 3.8) is 0 Å². The predicted molar refractivity (Wildman–Crippen MR) is 66.4 cm³/mol. The van der Waals surface area contributed by atoms with Crippen LogP contribution in [0.1, 0.15) is 39.5 Å². The maximum Gasteiger partial charge on any atom is 0.220 e. The molecule has 1 heterocycles. The van der Waals surface area contributed by atoms with Gasteiger partial charge in [-0.15, -0.1) is 0 Å². The molecule has 0 radical (unpaired) electrons. The van der Waals surface area contributed by atoms with Gasteiger partial charge in [-0.25, -0.2) is 0 Å². The van der Waals surface area contributed by atoms with Crippen LogP contribution in [0.25, 0.3) is 0 Å². The minimum absolute atomic E-state index is 0.0352. The summed E-state index contributed by atoms with van der Waals surface area (Å²) in [4.78, 5) is 25.0. The van der Waals surface area contributed by atoms with E-state index in [1.54, 1.807) is 18.7 Å². The van der Waals surface area contributed by atoms with Crippen molar-refractivity contribution in [1.82, 2.24) is 4.90 Å². The van der Waals surface area contributed by atoms with Gasteiger partial charge in [-0.1, -0.05) is 12.2 Å². The second-order valence-electron chi connectivity index (χ2n) is 5.55. The first-order valence-electron chi connectivity index (χ1n) is 6.43. The van der Waals surface area contributed by atoms with Crippen LogP contribution in [0.4, 0.5) is 0 Å². The van der Waals surface area contributed by atoms with Gasteiger partial charge < -0.3 is 4.90 Å². The largest absolute Gasteiger partial charge is 0.333 e. The van der Waals surface area contributed by atoms with Gasteiger partial charge in [0.2, 0.25) is 5.91 Å². The number of piperidine rings is 1. The van der Waals surface area contributed by atoms with E-state index in [1.165, 1.54) is 5.57 Å². The molecule has 0 bridgehead atoms. The maximum atomic E-state index is 11.7. The highest BCUT2D eigenvalue weighted by Gasteiger charge is 2.40. The molecule has 0 aromatic rings. The average molecular weight is 235 g/mol. The summed E-state index contributed by atoms with van der Waals surface area (Å²) in [5.74, 6) is 1.28. The first kappa shape index (κ1) is 12.3. The summed E-state index contributed by atoms with van der Waals surface area (Å²) >= 11 is 0. The molecule has 0 aromatic heterocycles. The lowest BCUT2D eigenvalue weighted by Gasteiger charge is -2.45. The topological polar surface area (TPSA) is 37.4 Å². The standard InChI is InChI=1S/C14H21NO2/c1-9-4-5-12-8-15(11(3)17)14(10(2)16)7-13(12)6-9/h12-14H,1,4-8H2,2-3H3/t12-,13+,14-/m0/s1. The molecule has 2 aliphatic rings. The molecule has 2 rings (SSSR count). The molecule has 1 amide bonds. The molecule has 94 valence electrons. The van der Waals surface area contributed by atoms with E-state index < -0.39 is 0 Å². The summed E-state index contributed by atoms with van der Waals surface area (Å²) < 4.78 is 0. The molecule has 1 saturated heterocycles. The van der Waals surface area contributed by atoms with Crippen LogP contribution in [0.15, 0.2) is 12.2 Å². The van der Waals surface area contributed by atoms with Crippen LogP contribution in [-0.4, -0.2) is 29.2 Å². The zero-order valence-electron chi connectivity index (χ0n) is 10.7. The Bertz CT molecular complexity index is 361. The number of hydrogen-bond acceptors (Lipinski definition) is 2. The molecule has 0 N–H and O–H groups in total. The molecule has 3 nitrogen and oxygen atoms in total. The molecule has 0 spiro atoms. The summed E-state index contributed by atoms with van der Waals surface area (Å²) in [7, 11) is 0. The quantitative estimate of drug-likeness (QED) is 0.653. The summed E-state index contributed by atoms with van der Waals surface area (Å²) in [5, 5.41) is 0. The second kappa shape index (κ2) is 4.63. The summed E-state index contributed by atoms with van der Waals surface area (Å²) in [6, 6.07) is -0.195. The van der Waals surface area contributed by atoms with E-state index in [4.69, 9.17) is 0 Å². The van der Waals surface area contributed by atoms with E-state index in [1.807, 2.05) is 0 Å². The van der Waals surface area contributed by atoms with Crippen LogP contribution in [0.3, 0.4) is 0 Å². The van der Waals surface area contributed by atoms with Crippen molar-refractivity contribution in [2.24, 2.45) is 11.8 Å². The average Bonchev–Trinajstić information content (AvgIpc) is 2.26. The van der Waals surface area contributed by atoms with E-state index >= 15 is 0 Å². The molecule has 1 saturated carbocycles. The number of rotatable bonds is 1. The lowest BCUT2D eigenvalue weighted by molar-refractivity contribution is -0.142. The minimum atomic E-state index is -0.195. The molecule has 2 fully saturated rings. The predicted octanol–water partition coefficient (Wildman–Crippen LogP) is 2.17. The molecule has 3 heteroatoms.